The highest BCUT2D eigenvalue weighted by Gasteiger charge is 2.40. The summed E-state index contributed by atoms with van der Waals surface area (Å²) in [4.78, 5) is 0. The zero-order chi connectivity index (χ0) is 15.1. The van der Waals surface area contributed by atoms with Crippen molar-refractivity contribution in [1.29, 1.82) is 0 Å². The molecule has 0 bridgehead atoms. The van der Waals surface area contributed by atoms with Gasteiger partial charge in [-0.25, -0.2) is 0 Å². The van der Waals surface area contributed by atoms with Crippen molar-refractivity contribution >= 4 is 0 Å². The Balaban J connectivity index is 1.36. The molecule has 0 aromatic rings. The molecule has 2 aliphatic heterocycles. The SMILES string of the molecule is CC(COCCOCC1CO1)OCCOC(C)(C)C1CO1. The maximum absolute atomic E-state index is 5.77. The maximum atomic E-state index is 5.77. The molecule has 0 spiro atoms. The zero-order valence-corrected chi connectivity index (χ0v) is 13.3. The van der Waals surface area contributed by atoms with Gasteiger partial charge in [-0.2, -0.15) is 0 Å². The van der Waals surface area contributed by atoms with Crippen LogP contribution < -0.4 is 0 Å². The third kappa shape index (κ3) is 7.54. The Morgan fingerprint density at radius 3 is 2.43 bits per heavy atom. The van der Waals surface area contributed by atoms with Gasteiger partial charge in [0.1, 0.15) is 12.2 Å². The van der Waals surface area contributed by atoms with Crippen LogP contribution in [-0.2, 0) is 28.4 Å². The first-order chi connectivity index (χ1) is 10.1. The minimum absolute atomic E-state index is 0.0562. The standard InChI is InChI=1S/C15H28O6/c1-12(8-16-4-5-17-9-13-10-19-13)18-6-7-21-15(2,3)14-11-20-14/h12-14H,4-11H2,1-3H3. The molecule has 0 N–H and O–H groups in total. The smallest absolute Gasteiger partial charge is 0.109 e. The van der Waals surface area contributed by atoms with Crippen LogP contribution in [0, 0.1) is 0 Å². The third-order valence-corrected chi connectivity index (χ3v) is 3.50. The minimum atomic E-state index is -0.217. The minimum Gasteiger partial charge on any atom is -0.376 e. The topological polar surface area (TPSA) is 62.0 Å². The molecule has 0 aliphatic carbocycles. The zero-order valence-electron chi connectivity index (χ0n) is 13.3. The van der Waals surface area contributed by atoms with Crippen molar-refractivity contribution in [3.63, 3.8) is 0 Å². The highest BCUT2D eigenvalue weighted by atomic mass is 16.6. The molecule has 0 saturated carbocycles. The van der Waals surface area contributed by atoms with Gasteiger partial charge in [0.15, 0.2) is 0 Å². The van der Waals surface area contributed by atoms with Gasteiger partial charge in [-0.1, -0.05) is 0 Å². The molecule has 21 heavy (non-hydrogen) atoms. The Morgan fingerprint density at radius 1 is 1.05 bits per heavy atom. The Hall–Kier alpha value is -0.240. The molecule has 2 rings (SSSR count). The van der Waals surface area contributed by atoms with E-state index in [-0.39, 0.29) is 17.8 Å². The summed E-state index contributed by atoms with van der Waals surface area (Å²) < 4.78 is 32.6. The molecule has 3 unspecified atom stereocenters. The Morgan fingerprint density at radius 2 is 1.76 bits per heavy atom. The van der Waals surface area contributed by atoms with Crippen LogP contribution in [0.2, 0.25) is 0 Å². The van der Waals surface area contributed by atoms with E-state index < -0.39 is 0 Å². The quantitative estimate of drug-likeness (QED) is 0.374. The summed E-state index contributed by atoms with van der Waals surface area (Å²) in [7, 11) is 0. The molecule has 6 nitrogen and oxygen atoms in total. The lowest BCUT2D eigenvalue weighted by molar-refractivity contribution is -0.0817. The van der Waals surface area contributed by atoms with Crippen molar-refractivity contribution in [3.05, 3.63) is 0 Å². The van der Waals surface area contributed by atoms with Crippen LogP contribution in [0.25, 0.3) is 0 Å². The van der Waals surface area contributed by atoms with E-state index in [1.54, 1.807) is 0 Å². The number of hydrogen-bond donors (Lipinski definition) is 0. The lowest BCUT2D eigenvalue weighted by Crippen LogP contribution is -2.33. The summed E-state index contributed by atoms with van der Waals surface area (Å²) in [5, 5.41) is 0. The van der Waals surface area contributed by atoms with Crippen LogP contribution in [0.4, 0.5) is 0 Å². The normalized spacial score (nSPS) is 25.9. The second-order valence-electron chi connectivity index (χ2n) is 6.06. The third-order valence-electron chi connectivity index (χ3n) is 3.50. The fraction of sp³-hybridized carbons (Fsp3) is 1.00. The molecule has 124 valence electrons. The maximum Gasteiger partial charge on any atom is 0.109 e. The number of epoxide rings is 2. The summed E-state index contributed by atoms with van der Waals surface area (Å²) >= 11 is 0. The van der Waals surface area contributed by atoms with E-state index in [1.165, 1.54) is 0 Å². The second-order valence-corrected chi connectivity index (χ2v) is 6.06. The van der Waals surface area contributed by atoms with Crippen molar-refractivity contribution < 1.29 is 28.4 Å². The molecule has 0 aromatic heterocycles. The van der Waals surface area contributed by atoms with E-state index >= 15 is 0 Å². The summed E-state index contributed by atoms with van der Waals surface area (Å²) in [5.41, 5.74) is -0.217. The Kier molecular flexibility index (Phi) is 6.85. The summed E-state index contributed by atoms with van der Waals surface area (Å²) in [6, 6.07) is 0. The first-order valence-corrected chi connectivity index (χ1v) is 7.72. The van der Waals surface area contributed by atoms with Gasteiger partial charge in [0.2, 0.25) is 0 Å². The lowest BCUT2D eigenvalue weighted by Gasteiger charge is -2.23. The van der Waals surface area contributed by atoms with Gasteiger partial charge >= 0.3 is 0 Å². The van der Waals surface area contributed by atoms with Crippen molar-refractivity contribution in [2.45, 2.75) is 44.7 Å². The number of hydrogen-bond acceptors (Lipinski definition) is 6. The number of ether oxygens (including phenoxy) is 6. The molecule has 3 atom stereocenters. The Labute approximate surface area is 127 Å². The van der Waals surface area contributed by atoms with E-state index in [9.17, 15) is 0 Å². The van der Waals surface area contributed by atoms with Gasteiger partial charge < -0.3 is 28.4 Å². The monoisotopic (exact) mass is 304 g/mol. The molecule has 0 amide bonds. The number of rotatable bonds is 13. The molecular formula is C15H28O6. The summed E-state index contributed by atoms with van der Waals surface area (Å²) in [6.07, 6.45) is 0.609. The van der Waals surface area contributed by atoms with Crippen LogP contribution in [-0.4, -0.2) is 76.8 Å². The van der Waals surface area contributed by atoms with Crippen LogP contribution >= 0.6 is 0 Å². The van der Waals surface area contributed by atoms with Crippen LogP contribution in [0.1, 0.15) is 20.8 Å². The van der Waals surface area contributed by atoms with E-state index in [1.807, 2.05) is 20.8 Å². The summed E-state index contributed by atoms with van der Waals surface area (Å²) in [5.74, 6) is 0. The van der Waals surface area contributed by atoms with Crippen molar-refractivity contribution in [2.24, 2.45) is 0 Å². The van der Waals surface area contributed by atoms with Crippen molar-refractivity contribution in [3.8, 4) is 0 Å². The van der Waals surface area contributed by atoms with E-state index in [0.29, 0.717) is 45.7 Å². The average molecular weight is 304 g/mol. The van der Waals surface area contributed by atoms with Gasteiger partial charge in [0.05, 0.1) is 64.6 Å². The van der Waals surface area contributed by atoms with Gasteiger partial charge in [-0.3, -0.25) is 0 Å². The second kappa shape index (κ2) is 8.41. The molecule has 2 aliphatic rings. The van der Waals surface area contributed by atoms with Crippen LogP contribution in [0.15, 0.2) is 0 Å². The largest absolute Gasteiger partial charge is 0.376 e. The van der Waals surface area contributed by atoms with Crippen LogP contribution in [0.5, 0.6) is 0 Å². The fourth-order valence-electron chi connectivity index (χ4n) is 1.89. The van der Waals surface area contributed by atoms with Gasteiger partial charge in [0.25, 0.3) is 0 Å². The molecule has 0 aromatic carbocycles. The highest BCUT2D eigenvalue weighted by Crippen LogP contribution is 2.27. The molecule has 2 saturated heterocycles. The highest BCUT2D eigenvalue weighted by molar-refractivity contribution is 4.88. The molecular weight excluding hydrogens is 276 g/mol. The molecule has 2 heterocycles. The predicted octanol–water partition coefficient (Wildman–Crippen LogP) is 1.02. The first kappa shape index (κ1) is 17.1. The molecule has 2 fully saturated rings. The van der Waals surface area contributed by atoms with Gasteiger partial charge in [-0.05, 0) is 20.8 Å². The Bertz CT molecular complexity index is 288. The lowest BCUT2D eigenvalue weighted by atomic mass is 10.1. The molecule has 6 heteroatoms. The van der Waals surface area contributed by atoms with Crippen molar-refractivity contribution in [2.75, 3.05) is 52.9 Å². The van der Waals surface area contributed by atoms with E-state index in [2.05, 4.69) is 0 Å². The summed E-state index contributed by atoms with van der Waals surface area (Å²) in [6.45, 7) is 11.3. The van der Waals surface area contributed by atoms with Crippen LogP contribution in [0.3, 0.4) is 0 Å². The first-order valence-electron chi connectivity index (χ1n) is 7.72. The van der Waals surface area contributed by atoms with E-state index in [4.69, 9.17) is 28.4 Å². The molecule has 0 radical (unpaired) electrons. The average Bonchev–Trinajstić information content (AvgIpc) is 3.28. The van der Waals surface area contributed by atoms with Crippen molar-refractivity contribution in [1.82, 2.24) is 0 Å². The van der Waals surface area contributed by atoms with Gasteiger partial charge in [0, 0.05) is 0 Å². The predicted molar refractivity (Wildman–Crippen MR) is 76.6 cm³/mol. The van der Waals surface area contributed by atoms with E-state index in [0.717, 1.165) is 13.2 Å². The fourth-order valence-corrected chi connectivity index (χ4v) is 1.89. The van der Waals surface area contributed by atoms with Gasteiger partial charge in [-0.15, -0.1) is 0 Å².